The summed E-state index contributed by atoms with van der Waals surface area (Å²) in [7, 11) is 2.03. The van der Waals surface area contributed by atoms with Crippen LogP contribution in [0.2, 0.25) is 0 Å². The van der Waals surface area contributed by atoms with Crippen LogP contribution in [0.25, 0.3) is 10.9 Å². The van der Waals surface area contributed by atoms with E-state index in [-0.39, 0.29) is 5.91 Å². The molecule has 0 fully saturated rings. The SMILES string of the molecule is Cn1c(CN(C(=O)c2ccco2)c2ccccc2)cc2ccccc21. The predicted octanol–water partition coefficient (Wildman–Crippen LogP) is 4.62. The number of anilines is 1. The van der Waals surface area contributed by atoms with Crippen molar-refractivity contribution in [2.45, 2.75) is 6.54 Å². The number of carbonyl (C=O) groups is 1. The van der Waals surface area contributed by atoms with E-state index in [9.17, 15) is 4.79 Å². The van der Waals surface area contributed by atoms with Gasteiger partial charge in [-0.25, -0.2) is 0 Å². The van der Waals surface area contributed by atoms with Crippen LogP contribution in [-0.4, -0.2) is 10.5 Å². The zero-order valence-corrected chi connectivity index (χ0v) is 13.9. The maximum absolute atomic E-state index is 13.0. The lowest BCUT2D eigenvalue weighted by molar-refractivity contribution is 0.0958. The van der Waals surface area contributed by atoms with Crippen LogP contribution in [0, 0.1) is 0 Å². The highest BCUT2D eigenvalue weighted by Gasteiger charge is 2.21. The molecule has 0 saturated carbocycles. The molecule has 4 aromatic rings. The highest BCUT2D eigenvalue weighted by molar-refractivity contribution is 6.04. The van der Waals surface area contributed by atoms with Crippen LogP contribution in [-0.2, 0) is 13.6 Å². The summed E-state index contributed by atoms with van der Waals surface area (Å²) in [5.74, 6) is 0.184. The number of para-hydroxylation sites is 2. The van der Waals surface area contributed by atoms with Gasteiger partial charge in [-0.3, -0.25) is 9.69 Å². The zero-order valence-electron chi connectivity index (χ0n) is 13.9. The fourth-order valence-corrected chi connectivity index (χ4v) is 3.08. The molecule has 2 aromatic heterocycles. The normalized spacial score (nSPS) is 10.9. The Morgan fingerprint density at radius 1 is 1.00 bits per heavy atom. The standard InChI is InChI=1S/C21H18N2O2/c1-22-18(14-16-8-5-6-11-19(16)22)15-23(17-9-3-2-4-10-17)21(24)20-12-7-13-25-20/h2-14H,15H2,1H3. The Morgan fingerprint density at radius 3 is 2.48 bits per heavy atom. The number of amides is 1. The number of hydrogen-bond donors (Lipinski definition) is 0. The minimum atomic E-state index is -0.151. The van der Waals surface area contributed by atoms with Gasteiger partial charge in [0, 0.05) is 23.9 Å². The van der Waals surface area contributed by atoms with Gasteiger partial charge in [0.2, 0.25) is 0 Å². The predicted molar refractivity (Wildman–Crippen MR) is 98.6 cm³/mol. The number of carbonyl (C=O) groups excluding carboxylic acids is 1. The lowest BCUT2D eigenvalue weighted by Gasteiger charge is -2.22. The molecule has 0 spiro atoms. The maximum Gasteiger partial charge on any atom is 0.294 e. The van der Waals surface area contributed by atoms with E-state index in [1.54, 1.807) is 17.0 Å². The Hall–Kier alpha value is -3.27. The first-order chi connectivity index (χ1) is 12.2. The zero-order chi connectivity index (χ0) is 17.2. The smallest absolute Gasteiger partial charge is 0.294 e. The van der Waals surface area contributed by atoms with Crippen LogP contribution in [0.4, 0.5) is 5.69 Å². The first kappa shape index (κ1) is 15.3. The number of rotatable bonds is 4. The quantitative estimate of drug-likeness (QED) is 0.548. The Bertz CT molecular complexity index is 1000. The molecule has 0 unspecified atom stereocenters. The molecule has 0 radical (unpaired) electrons. The molecule has 4 heteroatoms. The van der Waals surface area contributed by atoms with Gasteiger partial charge in [-0.05, 0) is 41.8 Å². The molecule has 0 aliphatic rings. The van der Waals surface area contributed by atoms with Crippen molar-refractivity contribution in [2.24, 2.45) is 7.05 Å². The first-order valence-electron chi connectivity index (χ1n) is 8.18. The fourth-order valence-electron chi connectivity index (χ4n) is 3.08. The molecule has 2 heterocycles. The van der Waals surface area contributed by atoms with Crippen molar-refractivity contribution in [1.29, 1.82) is 0 Å². The minimum Gasteiger partial charge on any atom is -0.459 e. The van der Waals surface area contributed by atoms with E-state index in [0.717, 1.165) is 16.9 Å². The monoisotopic (exact) mass is 330 g/mol. The second-order valence-corrected chi connectivity index (χ2v) is 5.96. The summed E-state index contributed by atoms with van der Waals surface area (Å²) in [5.41, 5.74) is 3.05. The molecule has 4 rings (SSSR count). The molecule has 0 aliphatic carbocycles. The van der Waals surface area contributed by atoms with Gasteiger partial charge in [0.05, 0.1) is 12.8 Å². The third-order valence-corrected chi connectivity index (χ3v) is 4.42. The molecule has 0 saturated heterocycles. The van der Waals surface area contributed by atoms with Crippen LogP contribution in [0.5, 0.6) is 0 Å². The molecule has 25 heavy (non-hydrogen) atoms. The lowest BCUT2D eigenvalue weighted by atomic mass is 10.2. The number of nitrogens with zero attached hydrogens (tertiary/aromatic N) is 2. The van der Waals surface area contributed by atoms with Gasteiger partial charge >= 0.3 is 0 Å². The van der Waals surface area contributed by atoms with Gasteiger partial charge in [-0.2, -0.15) is 0 Å². The topological polar surface area (TPSA) is 38.4 Å². The molecule has 0 aliphatic heterocycles. The van der Waals surface area contributed by atoms with Crippen LogP contribution < -0.4 is 4.90 Å². The van der Waals surface area contributed by atoms with E-state index < -0.39 is 0 Å². The summed E-state index contributed by atoms with van der Waals surface area (Å²) >= 11 is 0. The van der Waals surface area contributed by atoms with Gasteiger partial charge < -0.3 is 8.98 Å². The van der Waals surface area contributed by atoms with E-state index in [4.69, 9.17) is 4.42 Å². The van der Waals surface area contributed by atoms with Crippen LogP contribution >= 0.6 is 0 Å². The van der Waals surface area contributed by atoms with Crippen LogP contribution in [0.1, 0.15) is 16.2 Å². The molecule has 0 atom stereocenters. The molecule has 4 nitrogen and oxygen atoms in total. The number of furan rings is 1. The Morgan fingerprint density at radius 2 is 1.76 bits per heavy atom. The average Bonchev–Trinajstić information content (AvgIpc) is 3.29. The third kappa shape index (κ3) is 2.83. The van der Waals surface area contributed by atoms with Crippen molar-refractivity contribution < 1.29 is 9.21 Å². The van der Waals surface area contributed by atoms with Crippen LogP contribution in [0.15, 0.2) is 83.5 Å². The molecular formula is C21H18N2O2. The van der Waals surface area contributed by atoms with Crippen molar-refractivity contribution >= 4 is 22.5 Å². The summed E-state index contributed by atoms with van der Waals surface area (Å²) in [6.45, 7) is 0.467. The summed E-state index contributed by atoms with van der Waals surface area (Å²) in [6, 6.07) is 23.4. The lowest BCUT2D eigenvalue weighted by Crippen LogP contribution is -2.30. The summed E-state index contributed by atoms with van der Waals surface area (Å²) in [6.07, 6.45) is 1.52. The molecule has 0 N–H and O–H groups in total. The van der Waals surface area contributed by atoms with Gasteiger partial charge in [-0.1, -0.05) is 36.4 Å². The van der Waals surface area contributed by atoms with Crippen LogP contribution in [0.3, 0.4) is 0 Å². The van der Waals surface area contributed by atoms with E-state index in [2.05, 4.69) is 22.8 Å². The number of hydrogen-bond acceptors (Lipinski definition) is 2. The largest absolute Gasteiger partial charge is 0.459 e. The Labute approximate surface area is 145 Å². The second-order valence-electron chi connectivity index (χ2n) is 5.96. The fraction of sp³-hybridized carbons (Fsp3) is 0.0952. The number of aryl methyl sites for hydroxylation is 1. The second kappa shape index (κ2) is 6.32. The number of aromatic nitrogens is 1. The average molecular weight is 330 g/mol. The molecule has 2 aromatic carbocycles. The highest BCUT2D eigenvalue weighted by atomic mass is 16.3. The van der Waals surface area contributed by atoms with E-state index in [1.807, 2.05) is 49.5 Å². The van der Waals surface area contributed by atoms with Crippen molar-refractivity contribution in [2.75, 3.05) is 4.90 Å². The Balaban J connectivity index is 1.75. The summed E-state index contributed by atoms with van der Waals surface area (Å²) in [5, 5.41) is 1.17. The van der Waals surface area contributed by atoms with Crippen molar-refractivity contribution in [3.05, 3.63) is 90.5 Å². The molecule has 1 amide bonds. The van der Waals surface area contributed by atoms with Gasteiger partial charge in [-0.15, -0.1) is 0 Å². The van der Waals surface area contributed by atoms with Gasteiger partial charge in [0.25, 0.3) is 5.91 Å². The highest BCUT2D eigenvalue weighted by Crippen LogP contribution is 2.24. The first-order valence-corrected chi connectivity index (χ1v) is 8.18. The Kier molecular flexibility index (Phi) is 3.86. The van der Waals surface area contributed by atoms with E-state index >= 15 is 0 Å². The molecular weight excluding hydrogens is 312 g/mol. The van der Waals surface area contributed by atoms with E-state index in [1.165, 1.54) is 11.6 Å². The molecule has 0 bridgehead atoms. The number of benzene rings is 2. The summed E-state index contributed by atoms with van der Waals surface area (Å²) < 4.78 is 7.45. The van der Waals surface area contributed by atoms with E-state index in [0.29, 0.717) is 12.3 Å². The summed E-state index contributed by atoms with van der Waals surface area (Å²) in [4.78, 5) is 14.7. The third-order valence-electron chi connectivity index (χ3n) is 4.42. The number of fused-ring (bicyclic) bond motifs is 1. The van der Waals surface area contributed by atoms with Crippen molar-refractivity contribution in [3.8, 4) is 0 Å². The van der Waals surface area contributed by atoms with Gasteiger partial charge in [0.15, 0.2) is 5.76 Å². The minimum absolute atomic E-state index is 0.151. The molecule has 124 valence electrons. The maximum atomic E-state index is 13.0. The van der Waals surface area contributed by atoms with Crippen molar-refractivity contribution in [3.63, 3.8) is 0 Å². The van der Waals surface area contributed by atoms with Gasteiger partial charge in [0.1, 0.15) is 0 Å². The van der Waals surface area contributed by atoms with Crippen molar-refractivity contribution in [1.82, 2.24) is 4.57 Å².